The fourth-order valence-electron chi connectivity index (χ4n) is 2.19. The van der Waals surface area contributed by atoms with Crippen molar-refractivity contribution in [1.29, 1.82) is 0 Å². The number of methoxy groups -OCH3 is 1. The van der Waals surface area contributed by atoms with Crippen molar-refractivity contribution in [3.63, 3.8) is 0 Å². The number of amides is 1. The quantitative estimate of drug-likeness (QED) is 0.676. The van der Waals surface area contributed by atoms with Crippen molar-refractivity contribution in [2.75, 3.05) is 25.5 Å². The van der Waals surface area contributed by atoms with Crippen molar-refractivity contribution < 1.29 is 14.3 Å². The van der Waals surface area contributed by atoms with Gasteiger partial charge < -0.3 is 15.0 Å². The topological polar surface area (TPSA) is 58.6 Å². The predicted octanol–water partition coefficient (Wildman–Crippen LogP) is 1.55. The van der Waals surface area contributed by atoms with Crippen molar-refractivity contribution >= 4 is 28.9 Å². The second-order valence-corrected chi connectivity index (χ2v) is 5.45. The van der Waals surface area contributed by atoms with Gasteiger partial charge in [0, 0.05) is 13.1 Å². The lowest BCUT2D eigenvalue weighted by molar-refractivity contribution is -0.128. The van der Waals surface area contributed by atoms with Gasteiger partial charge in [-0.25, -0.2) is 4.79 Å². The van der Waals surface area contributed by atoms with Gasteiger partial charge in [-0.05, 0) is 19.4 Å². The third-order valence-electron chi connectivity index (χ3n) is 3.25. The molecule has 0 aromatic carbocycles. The molecule has 1 unspecified atom stereocenters. The van der Waals surface area contributed by atoms with E-state index < -0.39 is 5.97 Å². The van der Waals surface area contributed by atoms with E-state index in [1.807, 2.05) is 6.92 Å². The van der Waals surface area contributed by atoms with Gasteiger partial charge in [0.1, 0.15) is 10.9 Å². The fraction of sp³-hybridized carbons (Fsp3) is 0.429. The molecule has 5 nitrogen and oxygen atoms in total. The first-order valence-electron chi connectivity index (χ1n) is 6.34. The van der Waals surface area contributed by atoms with E-state index in [2.05, 4.69) is 11.2 Å². The van der Waals surface area contributed by atoms with Crippen LogP contribution in [0.5, 0.6) is 0 Å². The number of terminal acetylenes is 1. The Bertz CT molecular complexity index is 573. The monoisotopic (exact) mass is 292 g/mol. The number of rotatable bonds is 4. The number of esters is 1. The zero-order valence-corrected chi connectivity index (χ0v) is 12.3. The van der Waals surface area contributed by atoms with E-state index in [9.17, 15) is 9.59 Å². The first-order valence-corrected chi connectivity index (χ1v) is 7.16. The number of nitrogens with one attached hydrogen (secondary N) is 1. The van der Waals surface area contributed by atoms with Gasteiger partial charge in [-0.15, -0.1) is 17.8 Å². The number of carbonyl (C=O) groups is 2. The molecule has 1 aliphatic rings. The number of ether oxygens (including phenoxy) is 1. The van der Waals surface area contributed by atoms with E-state index in [0.29, 0.717) is 28.4 Å². The number of likely N-dealkylation sites (N-methyl/N-ethyl adjacent to an activating group) is 1. The SMILES string of the molecule is C#Cc1cc(NC2CCN(CC)C2=O)c(C(=O)OC)s1. The lowest BCUT2D eigenvalue weighted by Gasteiger charge is -2.15. The van der Waals surface area contributed by atoms with Gasteiger partial charge in [-0.2, -0.15) is 0 Å². The molecule has 0 saturated carbocycles. The highest BCUT2D eigenvalue weighted by molar-refractivity contribution is 7.15. The molecule has 1 saturated heterocycles. The number of likely N-dealkylation sites (tertiary alicyclic amines) is 1. The van der Waals surface area contributed by atoms with Gasteiger partial charge in [-0.1, -0.05) is 5.92 Å². The van der Waals surface area contributed by atoms with E-state index in [-0.39, 0.29) is 11.9 Å². The van der Waals surface area contributed by atoms with Crippen LogP contribution >= 0.6 is 11.3 Å². The second-order valence-electron chi connectivity index (χ2n) is 4.39. The number of hydrogen-bond acceptors (Lipinski definition) is 5. The fourth-order valence-corrected chi connectivity index (χ4v) is 3.04. The number of nitrogens with zero attached hydrogens (tertiary/aromatic N) is 1. The van der Waals surface area contributed by atoms with Crippen LogP contribution in [-0.4, -0.2) is 43.0 Å². The third-order valence-corrected chi connectivity index (χ3v) is 4.30. The van der Waals surface area contributed by atoms with E-state index in [1.54, 1.807) is 11.0 Å². The van der Waals surface area contributed by atoms with Crippen LogP contribution in [0.4, 0.5) is 5.69 Å². The normalized spacial score (nSPS) is 17.9. The molecule has 1 atom stereocenters. The summed E-state index contributed by atoms with van der Waals surface area (Å²) in [6, 6.07) is 1.40. The molecule has 0 aliphatic carbocycles. The number of carbonyl (C=O) groups excluding carboxylic acids is 2. The Morgan fingerprint density at radius 1 is 1.70 bits per heavy atom. The van der Waals surface area contributed by atoms with Crippen molar-refractivity contribution in [3.05, 3.63) is 15.8 Å². The van der Waals surface area contributed by atoms with Crippen molar-refractivity contribution in [2.45, 2.75) is 19.4 Å². The van der Waals surface area contributed by atoms with Crippen LogP contribution in [0.3, 0.4) is 0 Å². The molecule has 1 fully saturated rings. The lowest BCUT2D eigenvalue weighted by atomic mass is 10.2. The summed E-state index contributed by atoms with van der Waals surface area (Å²) in [7, 11) is 1.32. The molecular weight excluding hydrogens is 276 g/mol. The summed E-state index contributed by atoms with van der Waals surface area (Å²) in [5, 5.41) is 3.12. The Kier molecular flexibility index (Phi) is 4.30. The number of anilines is 1. The Hall–Kier alpha value is -2.00. The number of thiophene rings is 1. The molecule has 20 heavy (non-hydrogen) atoms. The zero-order valence-electron chi connectivity index (χ0n) is 11.4. The van der Waals surface area contributed by atoms with Crippen LogP contribution in [-0.2, 0) is 9.53 Å². The van der Waals surface area contributed by atoms with Gasteiger partial charge in [0.2, 0.25) is 5.91 Å². The van der Waals surface area contributed by atoms with E-state index in [1.165, 1.54) is 18.4 Å². The van der Waals surface area contributed by atoms with E-state index in [0.717, 1.165) is 6.54 Å². The predicted molar refractivity (Wildman–Crippen MR) is 77.9 cm³/mol. The molecule has 1 aromatic heterocycles. The summed E-state index contributed by atoms with van der Waals surface area (Å²) in [4.78, 5) is 26.6. The molecule has 2 rings (SSSR count). The molecule has 1 aliphatic heterocycles. The van der Waals surface area contributed by atoms with Gasteiger partial charge in [0.05, 0.1) is 17.7 Å². The van der Waals surface area contributed by atoms with Gasteiger partial charge in [0.25, 0.3) is 0 Å². The van der Waals surface area contributed by atoms with Crippen LogP contribution in [0.1, 0.15) is 27.9 Å². The maximum absolute atomic E-state index is 12.1. The molecule has 0 spiro atoms. The van der Waals surface area contributed by atoms with Crippen molar-refractivity contribution in [3.8, 4) is 12.3 Å². The lowest BCUT2D eigenvalue weighted by Crippen LogP contribution is -2.33. The molecular formula is C14H16N2O3S. The summed E-state index contributed by atoms with van der Waals surface area (Å²) < 4.78 is 4.74. The molecule has 2 heterocycles. The molecule has 6 heteroatoms. The van der Waals surface area contributed by atoms with Crippen molar-refractivity contribution in [1.82, 2.24) is 4.90 Å². The molecule has 1 N–H and O–H groups in total. The summed E-state index contributed by atoms with van der Waals surface area (Å²) >= 11 is 1.19. The third kappa shape index (κ3) is 2.63. The first-order chi connectivity index (χ1) is 9.60. The van der Waals surface area contributed by atoms with Crippen LogP contribution in [0.15, 0.2) is 6.07 Å². The number of hydrogen-bond donors (Lipinski definition) is 1. The summed E-state index contributed by atoms with van der Waals surface area (Å²) in [5.74, 6) is 2.10. The van der Waals surface area contributed by atoms with Gasteiger partial charge >= 0.3 is 5.97 Å². The van der Waals surface area contributed by atoms with E-state index in [4.69, 9.17) is 11.2 Å². The summed E-state index contributed by atoms with van der Waals surface area (Å²) in [5.41, 5.74) is 0.575. The smallest absolute Gasteiger partial charge is 0.350 e. The van der Waals surface area contributed by atoms with Crippen LogP contribution < -0.4 is 5.32 Å². The van der Waals surface area contributed by atoms with Gasteiger partial charge in [-0.3, -0.25) is 4.79 Å². The summed E-state index contributed by atoms with van der Waals surface area (Å²) in [6.45, 7) is 3.37. The molecule has 0 bridgehead atoms. The Balaban J connectivity index is 2.21. The van der Waals surface area contributed by atoms with Crippen LogP contribution in [0.2, 0.25) is 0 Å². The molecule has 1 aromatic rings. The van der Waals surface area contributed by atoms with Crippen LogP contribution in [0.25, 0.3) is 0 Å². The second kappa shape index (κ2) is 5.97. The average molecular weight is 292 g/mol. The first kappa shape index (κ1) is 14.4. The van der Waals surface area contributed by atoms with Crippen LogP contribution in [0, 0.1) is 12.3 Å². The maximum atomic E-state index is 12.1. The zero-order chi connectivity index (χ0) is 14.7. The Morgan fingerprint density at radius 3 is 3.00 bits per heavy atom. The largest absolute Gasteiger partial charge is 0.465 e. The Morgan fingerprint density at radius 2 is 2.45 bits per heavy atom. The molecule has 106 valence electrons. The molecule has 0 radical (unpaired) electrons. The van der Waals surface area contributed by atoms with Gasteiger partial charge in [0.15, 0.2) is 0 Å². The van der Waals surface area contributed by atoms with Crippen molar-refractivity contribution in [2.24, 2.45) is 0 Å². The Labute approximate surface area is 121 Å². The summed E-state index contributed by atoms with van der Waals surface area (Å²) in [6.07, 6.45) is 6.07. The highest BCUT2D eigenvalue weighted by Gasteiger charge is 2.31. The minimum atomic E-state index is -0.447. The highest BCUT2D eigenvalue weighted by Crippen LogP contribution is 2.29. The molecule has 1 amide bonds. The maximum Gasteiger partial charge on any atom is 0.350 e. The van der Waals surface area contributed by atoms with E-state index >= 15 is 0 Å². The average Bonchev–Trinajstić information content (AvgIpc) is 3.03. The minimum Gasteiger partial charge on any atom is -0.465 e. The highest BCUT2D eigenvalue weighted by atomic mass is 32.1. The standard InChI is InChI=1S/C14H16N2O3S/c1-4-9-8-11(12(20-9)14(18)19-3)15-10-6-7-16(5-2)13(10)17/h1,8,10,15H,5-7H2,2-3H3. The minimum absolute atomic E-state index is 0.0526.